The summed E-state index contributed by atoms with van der Waals surface area (Å²) in [5.74, 6) is 0. The molecule has 0 aromatic carbocycles. The fraction of sp³-hybridized carbons (Fsp3) is 1.00. The van der Waals surface area contributed by atoms with Crippen LogP contribution in [0.15, 0.2) is 0 Å². The maximum atomic E-state index is 3.50. The molecule has 3 heterocycles. The van der Waals surface area contributed by atoms with E-state index in [2.05, 4.69) is 29.2 Å². The van der Waals surface area contributed by atoms with E-state index in [0.717, 1.165) is 24.2 Å². The highest BCUT2D eigenvalue weighted by Gasteiger charge is 2.43. The molecular weight excluding hydrogens is 210 g/mol. The number of nitrogens with one attached hydrogen (secondary N) is 1. The molecule has 17 heavy (non-hydrogen) atoms. The van der Waals surface area contributed by atoms with E-state index in [0.29, 0.717) is 0 Å². The fourth-order valence-electron chi connectivity index (χ4n) is 4.34. The molecule has 0 saturated carbocycles. The van der Waals surface area contributed by atoms with Gasteiger partial charge in [0.25, 0.3) is 0 Å². The normalized spacial score (nSPS) is 40.9. The van der Waals surface area contributed by atoms with E-state index in [9.17, 15) is 0 Å². The maximum absolute atomic E-state index is 3.50. The van der Waals surface area contributed by atoms with Gasteiger partial charge in [-0.1, -0.05) is 0 Å². The summed E-state index contributed by atoms with van der Waals surface area (Å²) in [6, 6.07) is 3.45. The van der Waals surface area contributed by atoms with Crippen LogP contribution in [0.1, 0.15) is 38.5 Å². The van der Waals surface area contributed by atoms with Gasteiger partial charge in [-0.2, -0.15) is 0 Å². The third kappa shape index (κ3) is 2.25. The van der Waals surface area contributed by atoms with Crippen LogP contribution in [0.4, 0.5) is 0 Å². The summed E-state index contributed by atoms with van der Waals surface area (Å²) >= 11 is 0. The lowest BCUT2D eigenvalue weighted by Gasteiger charge is -2.46. The van der Waals surface area contributed by atoms with Crippen molar-refractivity contribution in [1.82, 2.24) is 15.1 Å². The summed E-state index contributed by atoms with van der Waals surface area (Å²) in [5, 5.41) is 3.50. The molecule has 2 atom stereocenters. The summed E-state index contributed by atoms with van der Waals surface area (Å²) in [4.78, 5) is 5.40. The molecule has 0 radical (unpaired) electrons. The Hall–Kier alpha value is -0.120. The second-order valence-corrected chi connectivity index (χ2v) is 6.32. The third-order valence-electron chi connectivity index (χ3n) is 5.31. The molecule has 0 aromatic rings. The van der Waals surface area contributed by atoms with Crippen LogP contribution in [0.2, 0.25) is 0 Å². The van der Waals surface area contributed by atoms with E-state index in [-0.39, 0.29) is 0 Å². The molecule has 2 unspecified atom stereocenters. The first-order chi connectivity index (χ1) is 8.28. The van der Waals surface area contributed by atoms with Crippen molar-refractivity contribution < 1.29 is 0 Å². The Kier molecular flexibility index (Phi) is 3.42. The van der Waals surface area contributed by atoms with Crippen LogP contribution in [-0.4, -0.2) is 61.2 Å². The Balaban J connectivity index is 1.65. The molecule has 0 amide bonds. The Morgan fingerprint density at radius 2 is 1.47 bits per heavy atom. The van der Waals surface area contributed by atoms with Gasteiger partial charge in [-0.15, -0.1) is 0 Å². The Morgan fingerprint density at radius 3 is 2.00 bits per heavy atom. The average molecular weight is 237 g/mol. The number of hydrogen-bond donors (Lipinski definition) is 1. The largest absolute Gasteiger partial charge is 0.317 e. The third-order valence-corrected chi connectivity index (χ3v) is 5.31. The number of nitrogens with zero attached hydrogens (tertiary/aromatic N) is 2. The van der Waals surface area contributed by atoms with Gasteiger partial charge in [-0.3, -0.25) is 4.90 Å². The summed E-state index contributed by atoms with van der Waals surface area (Å²) in [7, 11) is 4.40. The molecule has 3 heteroatoms. The predicted octanol–water partition coefficient (Wildman–Crippen LogP) is 1.30. The van der Waals surface area contributed by atoms with Crippen LogP contribution >= 0.6 is 0 Å². The molecule has 0 aromatic heterocycles. The van der Waals surface area contributed by atoms with Crippen molar-refractivity contribution in [1.29, 1.82) is 0 Å². The zero-order valence-electron chi connectivity index (χ0n) is 11.4. The molecular formula is C14H27N3. The minimum atomic E-state index is 0.787. The van der Waals surface area contributed by atoms with Gasteiger partial charge in [-0.25, -0.2) is 0 Å². The van der Waals surface area contributed by atoms with Gasteiger partial charge in [0.15, 0.2) is 0 Å². The van der Waals surface area contributed by atoms with Crippen LogP contribution in [0.25, 0.3) is 0 Å². The maximum Gasteiger partial charge on any atom is 0.0125 e. The Morgan fingerprint density at radius 1 is 0.882 bits per heavy atom. The molecule has 3 fully saturated rings. The molecule has 3 nitrogen and oxygen atoms in total. The molecule has 3 rings (SSSR count). The Bertz CT molecular complexity index is 246. The number of fused-ring (bicyclic) bond motifs is 2. The smallest absolute Gasteiger partial charge is 0.0125 e. The average Bonchev–Trinajstić information content (AvgIpc) is 2.61. The van der Waals surface area contributed by atoms with Gasteiger partial charge in [-0.05, 0) is 65.7 Å². The lowest BCUT2D eigenvalue weighted by atomic mass is 9.92. The first-order valence-electron chi connectivity index (χ1n) is 7.41. The molecule has 0 aliphatic carbocycles. The van der Waals surface area contributed by atoms with Crippen molar-refractivity contribution in [2.45, 2.75) is 62.7 Å². The van der Waals surface area contributed by atoms with Gasteiger partial charge >= 0.3 is 0 Å². The number of likely N-dealkylation sites (tertiary alicyclic amines) is 1. The van der Waals surface area contributed by atoms with E-state index in [1.165, 1.54) is 51.6 Å². The summed E-state index contributed by atoms with van der Waals surface area (Å²) in [5.41, 5.74) is 0. The molecule has 0 spiro atoms. The SMILES string of the molecule is CNC1CC2CCC(C1)N2C1CCN(C)CC1. The van der Waals surface area contributed by atoms with Crippen molar-refractivity contribution in [2.75, 3.05) is 27.2 Å². The van der Waals surface area contributed by atoms with E-state index in [1.54, 1.807) is 0 Å². The lowest BCUT2D eigenvalue weighted by Crippen LogP contribution is -2.54. The second kappa shape index (κ2) is 4.87. The number of hydrogen-bond acceptors (Lipinski definition) is 3. The van der Waals surface area contributed by atoms with Gasteiger partial charge in [0, 0.05) is 24.2 Å². The monoisotopic (exact) mass is 237 g/mol. The van der Waals surface area contributed by atoms with E-state index < -0.39 is 0 Å². The minimum Gasteiger partial charge on any atom is -0.317 e. The number of piperidine rings is 2. The molecule has 2 bridgehead atoms. The van der Waals surface area contributed by atoms with Gasteiger partial charge in [0.1, 0.15) is 0 Å². The van der Waals surface area contributed by atoms with Crippen molar-refractivity contribution in [3.8, 4) is 0 Å². The van der Waals surface area contributed by atoms with Gasteiger partial charge < -0.3 is 10.2 Å². The van der Waals surface area contributed by atoms with E-state index >= 15 is 0 Å². The highest BCUT2D eigenvalue weighted by atomic mass is 15.3. The molecule has 98 valence electrons. The van der Waals surface area contributed by atoms with Crippen LogP contribution in [-0.2, 0) is 0 Å². The van der Waals surface area contributed by atoms with Crippen LogP contribution in [0, 0.1) is 0 Å². The standard InChI is InChI=1S/C14H27N3/c1-15-11-9-13-3-4-14(10-11)17(13)12-5-7-16(2)8-6-12/h11-15H,3-10H2,1-2H3. The summed E-state index contributed by atoms with van der Waals surface area (Å²) in [6.45, 7) is 2.60. The minimum absolute atomic E-state index is 0.787. The lowest BCUT2D eigenvalue weighted by molar-refractivity contribution is 0.0393. The van der Waals surface area contributed by atoms with Crippen molar-refractivity contribution >= 4 is 0 Å². The van der Waals surface area contributed by atoms with Crippen molar-refractivity contribution in [3.63, 3.8) is 0 Å². The van der Waals surface area contributed by atoms with Crippen molar-refractivity contribution in [3.05, 3.63) is 0 Å². The summed E-state index contributed by atoms with van der Waals surface area (Å²) < 4.78 is 0. The van der Waals surface area contributed by atoms with Gasteiger partial charge in [0.2, 0.25) is 0 Å². The first-order valence-corrected chi connectivity index (χ1v) is 7.41. The van der Waals surface area contributed by atoms with E-state index in [1.807, 2.05) is 0 Å². The summed E-state index contributed by atoms with van der Waals surface area (Å²) in [6.07, 6.45) is 8.48. The Labute approximate surface area is 106 Å². The highest BCUT2D eigenvalue weighted by Crippen LogP contribution is 2.39. The zero-order valence-corrected chi connectivity index (χ0v) is 11.4. The topological polar surface area (TPSA) is 18.5 Å². The number of rotatable bonds is 2. The van der Waals surface area contributed by atoms with Crippen LogP contribution in [0.3, 0.4) is 0 Å². The van der Waals surface area contributed by atoms with Crippen LogP contribution in [0.5, 0.6) is 0 Å². The quantitative estimate of drug-likeness (QED) is 0.781. The predicted molar refractivity (Wildman–Crippen MR) is 71.2 cm³/mol. The first kappa shape index (κ1) is 11.9. The molecule has 3 saturated heterocycles. The van der Waals surface area contributed by atoms with Crippen LogP contribution < -0.4 is 5.32 Å². The van der Waals surface area contributed by atoms with Gasteiger partial charge in [0.05, 0.1) is 0 Å². The molecule has 3 aliphatic rings. The fourth-order valence-corrected chi connectivity index (χ4v) is 4.34. The van der Waals surface area contributed by atoms with E-state index in [4.69, 9.17) is 0 Å². The zero-order chi connectivity index (χ0) is 11.8. The second-order valence-electron chi connectivity index (χ2n) is 6.32. The highest BCUT2D eigenvalue weighted by molar-refractivity contribution is 5.00. The van der Waals surface area contributed by atoms with Crippen molar-refractivity contribution in [2.24, 2.45) is 0 Å². The molecule has 1 N–H and O–H groups in total. The molecule has 3 aliphatic heterocycles.